The second-order valence-corrected chi connectivity index (χ2v) is 9.37. The third-order valence-electron chi connectivity index (χ3n) is 5.60. The van der Waals surface area contributed by atoms with Crippen molar-refractivity contribution in [1.29, 1.82) is 0 Å². The van der Waals surface area contributed by atoms with Gasteiger partial charge in [-0.1, -0.05) is 90.4 Å². The van der Waals surface area contributed by atoms with Gasteiger partial charge in [0.25, 0.3) is 0 Å². The molecule has 7 nitrogen and oxygen atoms in total. The molecule has 1 heterocycles. The number of carbonyl (C=O) groups excluding carboxylic acids is 1. The highest BCUT2D eigenvalue weighted by atomic mass is 32.1. The molecule has 0 saturated heterocycles. The van der Waals surface area contributed by atoms with Crippen molar-refractivity contribution >= 4 is 34.3 Å². The number of thiophene rings is 1. The van der Waals surface area contributed by atoms with Gasteiger partial charge in [-0.05, 0) is 18.9 Å². The standard InChI is InChI=1S/C24H40N2O5S/c1-3-4-5-6-7-8-9-10-11-12-13-14-15-16-17-25-24(31)26-21-19(22(27)28)18(2)20(32-21)23(29)30/h3-17H2,1-2H3,(H,27,28)(H,29,30)(H2,25,26,31). The van der Waals surface area contributed by atoms with Crippen LogP contribution in [0.4, 0.5) is 9.80 Å². The number of carbonyl (C=O) groups is 3. The highest BCUT2D eigenvalue weighted by molar-refractivity contribution is 7.18. The number of unbranched alkanes of at least 4 members (excludes halogenated alkanes) is 13. The molecule has 4 N–H and O–H groups in total. The van der Waals surface area contributed by atoms with Crippen molar-refractivity contribution in [3.8, 4) is 0 Å². The van der Waals surface area contributed by atoms with Crippen molar-refractivity contribution < 1.29 is 24.6 Å². The van der Waals surface area contributed by atoms with E-state index in [-0.39, 0.29) is 21.0 Å². The largest absolute Gasteiger partial charge is 0.478 e. The average Bonchev–Trinajstić information content (AvgIpc) is 3.07. The summed E-state index contributed by atoms with van der Waals surface area (Å²) in [4.78, 5) is 34.6. The predicted molar refractivity (Wildman–Crippen MR) is 130 cm³/mol. The first-order valence-corrected chi connectivity index (χ1v) is 12.8. The van der Waals surface area contributed by atoms with Crippen LogP contribution in [-0.2, 0) is 0 Å². The van der Waals surface area contributed by atoms with E-state index in [1.54, 1.807) is 0 Å². The molecule has 32 heavy (non-hydrogen) atoms. The maximum Gasteiger partial charge on any atom is 0.346 e. The minimum Gasteiger partial charge on any atom is -0.478 e. The molecule has 0 bridgehead atoms. The van der Waals surface area contributed by atoms with E-state index in [0.29, 0.717) is 6.54 Å². The van der Waals surface area contributed by atoms with Crippen LogP contribution in [-0.4, -0.2) is 34.7 Å². The molecule has 1 rings (SSSR count). The van der Waals surface area contributed by atoms with Crippen LogP contribution in [0.25, 0.3) is 0 Å². The Hall–Kier alpha value is -2.09. The molecule has 0 aliphatic heterocycles. The number of amides is 2. The lowest BCUT2D eigenvalue weighted by Crippen LogP contribution is -2.29. The summed E-state index contributed by atoms with van der Waals surface area (Å²) in [7, 11) is 0. The second kappa shape index (κ2) is 16.5. The highest BCUT2D eigenvalue weighted by Gasteiger charge is 2.25. The van der Waals surface area contributed by atoms with E-state index in [2.05, 4.69) is 17.6 Å². The molecular formula is C24H40N2O5S. The normalized spacial score (nSPS) is 10.8. The first-order valence-electron chi connectivity index (χ1n) is 12.0. The summed E-state index contributed by atoms with van der Waals surface area (Å²) in [6, 6.07) is -0.514. The zero-order valence-corrected chi connectivity index (χ0v) is 20.5. The summed E-state index contributed by atoms with van der Waals surface area (Å²) in [5.74, 6) is -2.46. The van der Waals surface area contributed by atoms with Gasteiger partial charge in [-0.15, -0.1) is 11.3 Å². The fourth-order valence-electron chi connectivity index (χ4n) is 3.73. The SMILES string of the molecule is CCCCCCCCCCCCCCCCNC(=O)Nc1sc(C(=O)O)c(C)c1C(=O)O. The molecule has 8 heteroatoms. The molecule has 182 valence electrons. The molecule has 0 saturated carbocycles. The number of nitrogens with one attached hydrogen (secondary N) is 2. The van der Waals surface area contributed by atoms with Crippen molar-refractivity contribution in [2.24, 2.45) is 0 Å². The van der Waals surface area contributed by atoms with Crippen molar-refractivity contribution in [3.05, 3.63) is 16.0 Å². The van der Waals surface area contributed by atoms with E-state index >= 15 is 0 Å². The number of aromatic carboxylic acids is 2. The van der Waals surface area contributed by atoms with Crippen LogP contribution in [0.1, 0.15) is 122 Å². The maximum absolute atomic E-state index is 12.1. The number of rotatable bonds is 18. The number of urea groups is 1. The Morgan fingerprint density at radius 1 is 0.750 bits per heavy atom. The number of carboxylic acid groups (broad SMARTS) is 2. The van der Waals surface area contributed by atoms with E-state index in [9.17, 15) is 19.5 Å². The minimum atomic E-state index is -1.26. The van der Waals surface area contributed by atoms with Crippen LogP contribution < -0.4 is 10.6 Å². The fourth-order valence-corrected chi connectivity index (χ4v) is 4.76. The number of hydrogen-bond donors (Lipinski definition) is 4. The third kappa shape index (κ3) is 11.0. The Morgan fingerprint density at radius 3 is 1.66 bits per heavy atom. The lowest BCUT2D eigenvalue weighted by atomic mass is 10.0. The van der Waals surface area contributed by atoms with Crippen LogP contribution in [0.3, 0.4) is 0 Å². The Morgan fingerprint density at radius 2 is 1.22 bits per heavy atom. The molecule has 0 radical (unpaired) electrons. The highest BCUT2D eigenvalue weighted by Crippen LogP contribution is 2.33. The average molecular weight is 469 g/mol. The van der Waals surface area contributed by atoms with Crippen LogP contribution in [0.2, 0.25) is 0 Å². The lowest BCUT2D eigenvalue weighted by Gasteiger charge is -2.07. The minimum absolute atomic E-state index is 0.0471. The van der Waals surface area contributed by atoms with Gasteiger partial charge in [0.2, 0.25) is 0 Å². The van der Waals surface area contributed by atoms with E-state index in [1.165, 1.54) is 77.6 Å². The number of anilines is 1. The van der Waals surface area contributed by atoms with Gasteiger partial charge < -0.3 is 15.5 Å². The zero-order valence-electron chi connectivity index (χ0n) is 19.6. The molecular weight excluding hydrogens is 428 g/mol. The van der Waals surface area contributed by atoms with E-state index in [4.69, 9.17) is 5.11 Å². The Balaban J connectivity index is 2.09. The Bertz CT molecular complexity index is 717. The Labute approximate surface area is 196 Å². The van der Waals surface area contributed by atoms with Crippen LogP contribution in [0.15, 0.2) is 0 Å². The molecule has 0 fully saturated rings. The Kier molecular flexibility index (Phi) is 14.4. The second-order valence-electron chi connectivity index (χ2n) is 8.35. The summed E-state index contributed by atoms with van der Waals surface area (Å²) >= 11 is 0.762. The summed E-state index contributed by atoms with van der Waals surface area (Å²) in [5.41, 5.74) is -0.0173. The monoisotopic (exact) mass is 468 g/mol. The molecule has 1 aromatic heterocycles. The number of hydrogen-bond acceptors (Lipinski definition) is 4. The fraction of sp³-hybridized carbons (Fsp3) is 0.708. The van der Waals surface area contributed by atoms with Gasteiger partial charge in [-0.25, -0.2) is 14.4 Å². The maximum atomic E-state index is 12.1. The van der Waals surface area contributed by atoms with Crippen molar-refractivity contribution in [3.63, 3.8) is 0 Å². The van der Waals surface area contributed by atoms with Crippen molar-refractivity contribution in [2.75, 3.05) is 11.9 Å². The molecule has 0 aliphatic carbocycles. The van der Waals surface area contributed by atoms with Gasteiger partial charge in [0, 0.05) is 6.54 Å². The summed E-state index contributed by atoms with van der Waals surface area (Å²) in [6.07, 6.45) is 17.7. The van der Waals surface area contributed by atoms with Crippen LogP contribution in [0, 0.1) is 6.92 Å². The first kappa shape index (κ1) is 27.9. The van der Waals surface area contributed by atoms with Gasteiger partial charge in [0.15, 0.2) is 0 Å². The smallest absolute Gasteiger partial charge is 0.346 e. The van der Waals surface area contributed by atoms with Gasteiger partial charge in [-0.3, -0.25) is 5.32 Å². The number of carboxylic acids is 2. The lowest BCUT2D eigenvalue weighted by molar-refractivity contribution is 0.0696. The molecule has 2 amide bonds. The third-order valence-corrected chi connectivity index (χ3v) is 6.79. The zero-order chi connectivity index (χ0) is 23.8. The summed E-state index contributed by atoms with van der Waals surface area (Å²) in [6.45, 7) is 4.18. The van der Waals surface area contributed by atoms with Gasteiger partial charge in [0.05, 0.1) is 5.56 Å². The van der Waals surface area contributed by atoms with Gasteiger partial charge >= 0.3 is 18.0 Å². The quantitative estimate of drug-likeness (QED) is 0.172. The summed E-state index contributed by atoms with van der Waals surface area (Å²) < 4.78 is 0. The molecule has 0 spiro atoms. The summed E-state index contributed by atoms with van der Waals surface area (Å²) in [5, 5.41) is 23.7. The molecule has 0 unspecified atom stereocenters. The van der Waals surface area contributed by atoms with Crippen molar-refractivity contribution in [1.82, 2.24) is 5.32 Å². The first-order chi connectivity index (χ1) is 15.4. The van der Waals surface area contributed by atoms with Crippen LogP contribution in [0.5, 0.6) is 0 Å². The predicted octanol–water partition coefficient (Wildman–Crippen LogP) is 7.06. The molecule has 1 aromatic rings. The van der Waals surface area contributed by atoms with E-state index < -0.39 is 18.0 Å². The molecule has 0 aliphatic rings. The molecule has 0 aromatic carbocycles. The van der Waals surface area contributed by atoms with Gasteiger partial charge in [-0.2, -0.15) is 0 Å². The van der Waals surface area contributed by atoms with Gasteiger partial charge in [0.1, 0.15) is 9.88 Å². The van der Waals surface area contributed by atoms with Crippen LogP contribution >= 0.6 is 11.3 Å². The molecule has 0 atom stereocenters. The van der Waals surface area contributed by atoms with E-state index in [1.807, 2.05) is 0 Å². The van der Waals surface area contributed by atoms with E-state index in [0.717, 1.165) is 30.6 Å². The topological polar surface area (TPSA) is 116 Å². The van der Waals surface area contributed by atoms with Crippen molar-refractivity contribution in [2.45, 2.75) is 104 Å².